The van der Waals surface area contributed by atoms with E-state index in [1.54, 1.807) is 11.3 Å². The summed E-state index contributed by atoms with van der Waals surface area (Å²) in [5.74, 6) is -0.161. The maximum atomic E-state index is 12.1. The van der Waals surface area contributed by atoms with Crippen molar-refractivity contribution in [2.75, 3.05) is 6.61 Å². The monoisotopic (exact) mass is 420 g/mol. The molecule has 1 heterocycles. The fourth-order valence-corrected chi connectivity index (χ4v) is 3.89. The molecular formula is C20H23BrNO2S+. The molecule has 0 saturated heterocycles. The van der Waals surface area contributed by atoms with Gasteiger partial charge in [0.25, 0.3) is 0 Å². The Morgan fingerprint density at radius 1 is 1.04 bits per heavy atom. The van der Waals surface area contributed by atoms with Gasteiger partial charge in [-0.25, -0.2) is 4.79 Å². The standard InChI is InChI=1S/C20H22NO2S.BrH/c1-2-14-23-20(22)15-21-17-10-6-7-11-18(17)24-19(21)13-12-16-8-4-3-5-9-16;/h3-11H,2,12-15H2,1H3;1H/q+1;. The zero-order valence-corrected chi connectivity index (χ0v) is 16.8. The Kier molecular flexibility index (Phi) is 7.59. The van der Waals surface area contributed by atoms with Gasteiger partial charge in [-0.15, -0.1) is 17.0 Å². The lowest BCUT2D eigenvalue weighted by Gasteiger charge is -2.02. The molecule has 0 amide bonds. The lowest BCUT2D eigenvalue weighted by atomic mass is 10.1. The van der Waals surface area contributed by atoms with Gasteiger partial charge < -0.3 is 4.74 Å². The van der Waals surface area contributed by atoms with Gasteiger partial charge >= 0.3 is 5.97 Å². The van der Waals surface area contributed by atoms with Gasteiger partial charge in [-0.05, 0) is 24.5 Å². The van der Waals surface area contributed by atoms with Crippen molar-refractivity contribution < 1.29 is 14.1 Å². The Hall–Kier alpha value is -1.72. The molecule has 1 aromatic heterocycles. The van der Waals surface area contributed by atoms with Gasteiger partial charge in [0.05, 0.1) is 6.61 Å². The number of hydrogen-bond acceptors (Lipinski definition) is 3. The molecule has 2 aromatic carbocycles. The minimum Gasteiger partial charge on any atom is -0.461 e. The normalized spacial score (nSPS) is 10.4. The Morgan fingerprint density at radius 3 is 2.52 bits per heavy atom. The minimum atomic E-state index is -0.161. The van der Waals surface area contributed by atoms with Crippen LogP contribution in [-0.2, 0) is 28.9 Å². The van der Waals surface area contributed by atoms with Crippen molar-refractivity contribution in [3.8, 4) is 0 Å². The highest BCUT2D eigenvalue weighted by Gasteiger charge is 2.23. The highest BCUT2D eigenvalue weighted by atomic mass is 79.9. The molecule has 0 aliphatic rings. The number of rotatable bonds is 7. The first kappa shape index (κ1) is 19.6. The van der Waals surface area contributed by atoms with E-state index in [0.717, 1.165) is 24.8 Å². The van der Waals surface area contributed by atoms with Crippen LogP contribution in [0.5, 0.6) is 0 Å². The summed E-state index contributed by atoms with van der Waals surface area (Å²) in [6.07, 6.45) is 2.74. The summed E-state index contributed by atoms with van der Waals surface area (Å²) in [7, 11) is 0. The Balaban J connectivity index is 0.00000225. The van der Waals surface area contributed by atoms with Crippen molar-refractivity contribution in [3.05, 3.63) is 65.2 Å². The van der Waals surface area contributed by atoms with E-state index in [4.69, 9.17) is 4.74 Å². The average molecular weight is 421 g/mol. The topological polar surface area (TPSA) is 30.2 Å². The number of benzene rings is 2. The highest BCUT2D eigenvalue weighted by Crippen LogP contribution is 2.21. The number of carbonyl (C=O) groups excluding carboxylic acids is 1. The van der Waals surface area contributed by atoms with Crippen LogP contribution in [0, 0.1) is 0 Å². The van der Waals surface area contributed by atoms with Gasteiger partial charge in [0.15, 0.2) is 0 Å². The molecule has 0 radical (unpaired) electrons. The molecule has 3 rings (SSSR count). The number of halogens is 1. The number of ether oxygens (including phenoxy) is 1. The molecule has 0 aliphatic heterocycles. The fourth-order valence-electron chi connectivity index (χ4n) is 2.73. The number of carbonyl (C=O) groups is 1. The van der Waals surface area contributed by atoms with E-state index >= 15 is 0 Å². The third-order valence-electron chi connectivity index (χ3n) is 3.91. The molecule has 3 aromatic rings. The van der Waals surface area contributed by atoms with Crippen LogP contribution in [0.2, 0.25) is 0 Å². The molecule has 0 N–H and O–H groups in total. The third kappa shape index (κ3) is 5.13. The minimum absolute atomic E-state index is 0. The number of esters is 1. The zero-order valence-electron chi connectivity index (χ0n) is 14.3. The molecule has 3 nitrogen and oxygen atoms in total. The van der Waals surface area contributed by atoms with Crippen molar-refractivity contribution in [1.29, 1.82) is 0 Å². The van der Waals surface area contributed by atoms with Gasteiger partial charge in [0.2, 0.25) is 17.1 Å². The second kappa shape index (κ2) is 9.68. The van der Waals surface area contributed by atoms with Crippen molar-refractivity contribution >= 4 is 44.5 Å². The van der Waals surface area contributed by atoms with Crippen molar-refractivity contribution in [3.63, 3.8) is 0 Å². The van der Waals surface area contributed by atoms with Gasteiger partial charge in [0.1, 0.15) is 4.70 Å². The van der Waals surface area contributed by atoms with E-state index in [1.165, 1.54) is 15.3 Å². The predicted octanol–water partition coefficient (Wildman–Crippen LogP) is 4.51. The largest absolute Gasteiger partial charge is 0.461 e. The van der Waals surface area contributed by atoms with Gasteiger partial charge in [-0.2, -0.15) is 4.57 Å². The predicted molar refractivity (Wildman–Crippen MR) is 107 cm³/mol. The van der Waals surface area contributed by atoms with Gasteiger partial charge in [-0.1, -0.05) is 60.7 Å². The SMILES string of the molecule is Br.CCCOC(=O)C[n+]1c(CCc2ccccc2)sc2ccccc21. The lowest BCUT2D eigenvalue weighted by molar-refractivity contribution is -0.663. The van der Waals surface area contributed by atoms with Crippen molar-refractivity contribution in [2.45, 2.75) is 32.7 Å². The number of thiazole rings is 1. The summed E-state index contributed by atoms with van der Waals surface area (Å²) in [5.41, 5.74) is 2.43. The fraction of sp³-hybridized carbons (Fsp3) is 0.300. The summed E-state index contributed by atoms with van der Waals surface area (Å²) in [4.78, 5) is 12.1. The number of fused-ring (bicyclic) bond motifs is 1. The molecule has 0 bridgehead atoms. The number of hydrogen-bond donors (Lipinski definition) is 0. The van der Waals surface area contributed by atoms with Crippen LogP contribution in [0.15, 0.2) is 54.6 Å². The summed E-state index contributed by atoms with van der Waals surface area (Å²) < 4.78 is 8.60. The van der Waals surface area contributed by atoms with E-state index in [2.05, 4.69) is 41.0 Å². The van der Waals surface area contributed by atoms with Crippen LogP contribution in [0.4, 0.5) is 0 Å². The second-order valence-corrected chi connectivity index (χ2v) is 6.87. The highest BCUT2D eigenvalue weighted by molar-refractivity contribution is 8.93. The van der Waals surface area contributed by atoms with Crippen LogP contribution < -0.4 is 4.57 Å². The molecule has 132 valence electrons. The van der Waals surface area contributed by atoms with Crippen molar-refractivity contribution in [2.24, 2.45) is 0 Å². The lowest BCUT2D eigenvalue weighted by Crippen LogP contribution is -2.41. The maximum absolute atomic E-state index is 12.1. The molecule has 25 heavy (non-hydrogen) atoms. The van der Waals surface area contributed by atoms with E-state index < -0.39 is 0 Å². The number of para-hydroxylation sites is 1. The first-order valence-corrected chi connectivity index (χ1v) is 9.19. The van der Waals surface area contributed by atoms with Gasteiger partial charge in [0, 0.05) is 12.5 Å². The van der Waals surface area contributed by atoms with Crippen LogP contribution in [0.25, 0.3) is 10.2 Å². The molecule has 0 saturated carbocycles. The molecule has 0 spiro atoms. The smallest absolute Gasteiger partial charge is 0.372 e. The Morgan fingerprint density at radius 2 is 1.76 bits per heavy atom. The first-order chi connectivity index (χ1) is 11.8. The second-order valence-electron chi connectivity index (χ2n) is 5.76. The molecular weight excluding hydrogens is 398 g/mol. The Labute approximate surface area is 163 Å². The quantitative estimate of drug-likeness (QED) is 0.415. The summed E-state index contributed by atoms with van der Waals surface area (Å²) in [5, 5.41) is 1.22. The third-order valence-corrected chi connectivity index (χ3v) is 5.13. The molecule has 0 aliphatic carbocycles. The van der Waals surface area contributed by atoms with E-state index in [0.29, 0.717) is 6.61 Å². The van der Waals surface area contributed by atoms with Gasteiger partial charge in [-0.3, -0.25) is 0 Å². The van der Waals surface area contributed by atoms with Crippen LogP contribution in [-0.4, -0.2) is 12.6 Å². The maximum Gasteiger partial charge on any atom is 0.372 e. The number of aryl methyl sites for hydroxylation is 2. The van der Waals surface area contributed by atoms with E-state index in [-0.39, 0.29) is 29.5 Å². The number of aromatic nitrogens is 1. The molecule has 5 heteroatoms. The first-order valence-electron chi connectivity index (χ1n) is 8.37. The summed E-state index contributed by atoms with van der Waals surface area (Å²) in [6.45, 7) is 2.78. The van der Waals surface area contributed by atoms with Crippen LogP contribution in [0.1, 0.15) is 23.9 Å². The van der Waals surface area contributed by atoms with E-state index in [1.807, 2.05) is 25.1 Å². The summed E-state index contributed by atoms with van der Waals surface area (Å²) in [6, 6.07) is 18.7. The Bertz CT molecular complexity index is 817. The van der Waals surface area contributed by atoms with Crippen LogP contribution >= 0.6 is 28.3 Å². The van der Waals surface area contributed by atoms with E-state index in [9.17, 15) is 4.79 Å². The average Bonchev–Trinajstić information content (AvgIpc) is 2.97. The molecule has 0 fully saturated rings. The number of nitrogens with zero attached hydrogens (tertiary/aromatic N) is 1. The molecule has 0 atom stereocenters. The molecule has 0 unspecified atom stereocenters. The van der Waals surface area contributed by atoms with Crippen LogP contribution in [0.3, 0.4) is 0 Å². The summed E-state index contributed by atoms with van der Waals surface area (Å²) >= 11 is 1.76. The zero-order chi connectivity index (χ0) is 16.8. The van der Waals surface area contributed by atoms with Crippen molar-refractivity contribution in [1.82, 2.24) is 0 Å².